The molecule has 23 heavy (non-hydrogen) atoms. The van der Waals surface area contributed by atoms with Crippen LogP contribution in [-0.2, 0) is 11.2 Å². The number of carbonyl (C=O) groups is 1. The highest BCUT2D eigenvalue weighted by Gasteiger charge is 2.32. The molecular formula is C16H18Cl2N2O3. The predicted molar refractivity (Wildman–Crippen MR) is 90.1 cm³/mol. The number of aliphatic hydroxyl groups excluding tert-OH is 1. The Hall–Kier alpha value is -1.43. The van der Waals surface area contributed by atoms with Gasteiger partial charge in [0.2, 0.25) is 5.91 Å². The van der Waals surface area contributed by atoms with Crippen LogP contribution in [0.5, 0.6) is 5.75 Å². The average Bonchev–Trinajstić information content (AvgIpc) is 2.79. The van der Waals surface area contributed by atoms with Crippen molar-refractivity contribution in [3.05, 3.63) is 29.5 Å². The first-order valence-corrected chi connectivity index (χ1v) is 8.27. The van der Waals surface area contributed by atoms with Gasteiger partial charge in [-0.25, -0.2) is 0 Å². The predicted octanol–water partition coefficient (Wildman–Crippen LogP) is 3.05. The van der Waals surface area contributed by atoms with Gasteiger partial charge >= 0.3 is 0 Å². The maximum atomic E-state index is 12.4. The minimum Gasteiger partial charge on any atom is -0.493 e. The van der Waals surface area contributed by atoms with E-state index in [0.29, 0.717) is 31.7 Å². The van der Waals surface area contributed by atoms with Gasteiger partial charge < -0.3 is 9.84 Å². The number of hydrogen-bond acceptors (Lipinski definition) is 3. The van der Waals surface area contributed by atoms with Crippen molar-refractivity contribution in [1.29, 1.82) is 0 Å². The molecule has 0 saturated carbocycles. The van der Waals surface area contributed by atoms with Gasteiger partial charge in [-0.05, 0) is 24.6 Å². The van der Waals surface area contributed by atoms with Crippen molar-refractivity contribution in [2.45, 2.75) is 25.7 Å². The first-order chi connectivity index (χ1) is 11.1. The quantitative estimate of drug-likeness (QED) is 0.676. The lowest BCUT2D eigenvalue weighted by molar-refractivity contribution is -0.127. The summed E-state index contributed by atoms with van der Waals surface area (Å²) >= 11 is 12.5. The van der Waals surface area contributed by atoms with Crippen LogP contribution in [0.15, 0.2) is 18.2 Å². The van der Waals surface area contributed by atoms with Crippen LogP contribution >= 0.6 is 23.6 Å². The highest BCUT2D eigenvalue weighted by atomic mass is 35.5. The molecule has 1 aromatic carbocycles. The molecule has 7 heteroatoms. The number of amides is 1. The molecule has 2 heterocycles. The van der Waals surface area contributed by atoms with Gasteiger partial charge in [0.1, 0.15) is 5.75 Å². The molecule has 0 bridgehead atoms. The Balaban J connectivity index is 2.17. The summed E-state index contributed by atoms with van der Waals surface area (Å²) in [5.41, 5.74) is 2.59. The lowest BCUT2D eigenvalue weighted by atomic mass is 9.96. The molecule has 1 aromatic heterocycles. The third kappa shape index (κ3) is 2.77. The first kappa shape index (κ1) is 16.4. The van der Waals surface area contributed by atoms with E-state index in [4.69, 9.17) is 33.4 Å². The van der Waals surface area contributed by atoms with E-state index in [1.54, 1.807) is 4.09 Å². The van der Waals surface area contributed by atoms with Crippen LogP contribution in [0.4, 0.5) is 0 Å². The van der Waals surface area contributed by atoms with E-state index in [1.807, 2.05) is 25.1 Å². The molecule has 1 unspecified atom stereocenters. The van der Waals surface area contributed by atoms with E-state index in [0.717, 1.165) is 22.2 Å². The zero-order valence-corrected chi connectivity index (χ0v) is 14.3. The highest BCUT2D eigenvalue weighted by Crippen LogP contribution is 2.41. The zero-order valence-electron chi connectivity index (χ0n) is 12.8. The number of carbonyl (C=O) groups excluding carboxylic acids is 1. The Labute approximate surface area is 144 Å². The molecule has 124 valence electrons. The van der Waals surface area contributed by atoms with Crippen LogP contribution in [0.25, 0.3) is 10.9 Å². The lowest BCUT2D eigenvalue weighted by Gasteiger charge is -2.15. The molecule has 0 fully saturated rings. The number of halogens is 2. The maximum absolute atomic E-state index is 12.4. The molecule has 1 amide bonds. The summed E-state index contributed by atoms with van der Waals surface area (Å²) in [5.74, 6) is 0.143. The highest BCUT2D eigenvalue weighted by molar-refractivity contribution is 6.23. The fraction of sp³-hybridized carbons (Fsp3) is 0.438. The van der Waals surface area contributed by atoms with E-state index in [9.17, 15) is 4.79 Å². The molecule has 2 aromatic rings. The van der Waals surface area contributed by atoms with E-state index in [1.165, 1.54) is 4.42 Å². The van der Waals surface area contributed by atoms with Crippen molar-refractivity contribution in [2.24, 2.45) is 0 Å². The number of nitrogens with zero attached hydrogens (tertiary/aromatic N) is 2. The van der Waals surface area contributed by atoms with Crippen LogP contribution in [0, 0.1) is 0 Å². The Kier molecular flexibility index (Phi) is 4.71. The largest absolute Gasteiger partial charge is 0.493 e. The van der Waals surface area contributed by atoms with Gasteiger partial charge in [0.25, 0.3) is 0 Å². The van der Waals surface area contributed by atoms with Crippen molar-refractivity contribution in [1.82, 2.24) is 8.51 Å². The van der Waals surface area contributed by atoms with Crippen LogP contribution < -0.4 is 4.74 Å². The summed E-state index contributed by atoms with van der Waals surface area (Å²) in [6.45, 7) is 2.73. The van der Waals surface area contributed by atoms with Crippen molar-refractivity contribution >= 4 is 40.4 Å². The Morgan fingerprint density at radius 3 is 2.91 bits per heavy atom. The van der Waals surface area contributed by atoms with Gasteiger partial charge in [-0.2, -0.15) is 0 Å². The van der Waals surface area contributed by atoms with Gasteiger partial charge in [-0.15, -0.1) is 0 Å². The number of aliphatic hydroxyl groups is 1. The minimum absolute atomic E-state index is 0.0701. The van der Waals surface area contributed by atoms with Crippen molar-refractivity contribution in [2.75, 3.05) is 19.8 Å². The summed E-state index contributed by atoms with van der Waals surface area (Å²) < 4.78 is 8.63. The molecular weight excluding hydrogens is 339 g/mol. The van der Waals surface area contributed by atoms with Crippen LogP contribution in [0.3, 0.4) is 0 Å². The number of aromatic nitrogens is 1. The second-order valence-corrected chi connectivity index (χ2v) is 6.36. The fourth-order valence-electron chi connectivity index (χ4n) is 3.06. The molecule has 0 saturated heterocycles. The lowest BCUT2D eigenvalue weighted by Crippen LogP contribution is -2.25. The Morgan fingerprint density at radius 2 is 2.17 bits per heavy atom. The van der Waals surface area contributed by atoms with Gasteiger partial charge in [-0.1, -0.05) is 6.07 Å². The van der Waals surface area contributed by atoms with Crippen molar-refractivity contribution in [3.63, 3.8) is 0 Å². The first-order valence-electron chi connectivity index (χ1n) is 7.59. The van der Waals surface area contributed by atoms with Gasteiger partial charge in [0.05, 0.1) is 18.0 Å². The van der Waals surface area contributed by atoms with Crippen molar-refractivity contribution in [3.8, 4) is 5.75 Å². The third-order valence-corrected chi connectivity index (χ3v) is 4.90. The Morgan fingerprint density at radius 1 is 1.39 bits per heavy atom. The number of rotatable bonds is 4. The molecule has 5 nitrogen and oxygen atoms in total. The van der Waals surface area contributed by atoms with Crippen LogP contribution in [0.2, 0.25) is 0 Å². The molecule has 1 aliphatic heterocycles. The van der Waals surface area contributed by atoms with Gasteiger partial charge in [-0.3, -0.25) is 13.3 Å². The SMILES string of the molecule is CC1C(=O)N(Cl)CCc2c1c1c(OCCCO)cccc1n2Cl. The second-order valence-electron chi connectivity index (χ2n) is 5.61. The molecule has 1 atom stereocenters. The molecule has 0 radical (unpaired) electrons. The topological polar surface area (TPSA) is 54.7 Å². The molecule has 1 N–H and O–H groups in total. The van der Waals surface area contributed by atoms with E-state index in [-0.39, 0.29) is 12.5 Å². The summed E-state index contributed by atoms with van der Waals surface area (Å²) in [5, 5.41) is 9.78. The molecule has 0 spiro atoms. The van der Waals surface area contributed by atoms with Gasteiger partial charge in [0.15, 0.2) is 0 Å². The number of hydrogen-bond donors (Lipinski definition) is 1. The monoisotopic (exact) mass is 356 g/mol. The molecule has 1 aliphatic rings. The number of ether oxygens (including phenoxy) is 1. The van der Waals surface area contributed by atoms with E-state index < -0.39 is 5.92 Å². The molecule has 3 rings (SSSR count). The van der Waals surface area contributed by atoms with E-state index >= 15 is 0 Å². The summed E-state index contributed by atoms with van der Waals surface area (Å²) in [7, 11) is 0. The van der Waals surface area contributed by atoms with E-state index in [2.05, 4.69) is 0 Å². The number of benzene rings is 1. The van der Waals surface area contributed by atoms with Crippen LogP contribution in [-0.4, -0.2) is 39.3 Å². The maximum Gasteiger partial charge on any atom is 0.244 e. The third-order valence-electron chi connectivity index (χ3n) is 4.18. The standard InChI is InChI=1S/C16H18Cl2N2O3/c1-10-14-12(6-7-19(17)16(10)22)20(18)11-4-2-5-13(15(11)14)23-9-3-8-21/h2,4-5,10,21H,3,6-9H2,1H3. The zero-order chi connectivity index (χ0) is 16.6. The summed E-state index contributed by atoms with van der Waals surface area (Å²) in [6, 6.07) is 5.64. The average molecular weight is 357 g/mol. The van der Waals surface area contributed by atoms with Gasteiger partial charge in [0, 0.05) is 60.6 Å². The Bertz CT molecular complexity index is 744. The smallest absolute Gasteiger partial charge is 0.244 e. The number of fused-ring (bicyclic) bond motifs is 3. The van der Waals surface area contributed by atoms with Crippen LogP contribution in [0.1, 0.15) is 30.5 Å². The van der Waals surface area contributed by atoms with Crippen molar-refractivity contribution < 1.29 is 14.6 Å². The summed E-state index contributed by atoms with van der Waals surface area (Å²) in [4.78, 5) is 12.4. The fourth-order valence-corrected chi connectivity index (χ4v) is 3.61. The second kappa shape index (κ2) is 6.59. The normalized spacial score (nSPS) is 18.2. The molecule has 0 aliphatic carbocycles. The summed E-state index contributed by atoms with van der Waals surface area (Å²) in [6.07, 6.45) is 1.13. The minimum atomic E-state index is -0.393.